The minimum absolute atomic E-state index is 0.343. The van der Waals surface area contributed by atoms with E-state index in [1.165, 1.54) is 24.8 Å². The Kier molecular flexibility index (Phi) is 5.44. The number of rotatable bonds is 6. The quantitative estimate of drug-likeness (QED) is 0.840. The molecule has 1 saturated carbocycles. The van der Waals surface area contributed by atoms with E-state index >= 15 is 0 Å². The molecule has 3 nitrogen and oxygen atoms in total. The molecule has 1 aliphatic rings. The van der Waals surface area contributed by atoms with Crippen LogP contribution in [0.25, 0.3) is 0 Å². The summed E-state index contributed by atoms with van der Waals surface area (Å²) in [4.78, 5) is 2.53. The summed E-state index contributed by atoms with van der Waals surface area (Å²) in [6.45, 7) is 3.13. The number of nitrogens with two attached hydrogens (primary N) is 1. The fourth-order valence-electron chi connectivity index (χ4n) is 3.40. The number of phenols is 1. The summed E-state index contributed by atoms with van der Waals surface area (Å²) in [7, 11) is 2.25. The Labute approximate surface area is 122 Å². The third-order valence-electron chi connectivity index (χ3n) is 4.93. The smallest absolute Gasteiger partial charge is 0.115 e. The molecule has 0 heterocycles. The molecule has 0 bridgehead atoms. The highest BCUT2D eigenvalue weighted by Gasteiger charge is 2.31. The van der Waals surface area contributed by atoms with Crippen molar-refractivity contribution in [3.63, 3.8) is 0 Å². The maximum Gasteiger partial charge on any atom is 0.115 e. The van der Waals surface area contributed by atoms with Gasteiger partial charge in [-0.3, -0.25) is 0 Å². The van der Waals surface area contributed by atoms with E-state index in [4.69, 9.17) is 5.73 Å². The number of nitrogens with zero attached hydrogens (tertiary/aromatic N) is 1. The Morgan fingerprint density at radius 2 is 2.00 bits per heavy atom. The van der Waals surface area contributed by atoms with Crippen LogP contribution >= 0.6 is 0 Å². The van der Waals surface area contributed by atoms with Crippen LogP contribution in [0.2, 0.25) is 0 Å². The van der Waals surface area contributed by atoms with E-state index in [9.17, 15) is 5.11 Å². The van der Waals surface area contributed by atoms with Crippen molar-refractivity contribution < 1.29 is 5.11 Å². The number of benzene rings is 1. The summed E-state index contributed by atoms with van der Waals surface area (Å²) < 4.78 is 0. The fourth-order valence-corrected chi connectivity index (χ4v) is 3.40. The minimum Gasteiger partial charge on any atom is -0.508 e. The molecular formula is C17H28N2O. The van der Waals surface area contributed by atoms with Gasteiger partial charge in [0.25, 0.3) is 0 Å². The summed E-state index contributed by atoms with van der Waals surface area (Å²) in [6.07, 6.45) is 6.11. The van der Waals surface area contributed by atoms with Gasteiger partial charge in [-0.2, -0.15) is 0 Å². The van der Waals surface area contributed by atoms with Gasteiger partial charge in [-0.05, 0) is 69.8 Å². The van der Waals surface area contributed by atoms with E-state index in [0.29, 0.717) is 23.8 Å². The minimum atomic E-state index is 0.343. The summed E-state index contributed by atoms with van der Waals surface area (Å²) >= 11 is 0. The van der Waals surface area contributed by atoms with Crippen molar-refractivity contribution in [2.45, 2.75) is 51.1 Å². The molecular weight excluding hydrogens is 248 g/mol. The normalized spacial score (nSPS) is 24.2. The SMILES string of the molecule is CC(CCc1ccc(O)cc1)N(C)C1CCCC1CN. The van der Waals surface area contributed by atoms with E-state index in [0.717, 1.165) is 19.4 Å². The standard InChI is InChI=1S/C17H28N2O/c1-13(6-7-14-8-10-16(20)11-9-14)19(2)17-5-3-4-15(17)12-18/h8-11,13,15,17,20H,3-7,12,18H2,1-2H3. The van der Waals surface area contributed by atoms with Gasteiger partial charge in [0.2, 0.25) is 0 Å². The Balaban J connectivity index is 1.84. The molecule has 112 valence electrons. The molecule has 3 heteroatoms. The number of aromatic hydroxyl groups is 1. The molecule has 2 rings (SSSR count). The molecule has 3 atom stereocenters. The number of hydrogen-bond acceptors (Lipinski definition) is 3. The fraction of sp³-hybridized carbons (Fsp3) is 0.647. The van der Waals surface area contributed by atoms with Crippen molar-refractivity contribution in [3.8, 4) is 5.75 Å². The lowest BCUT2D eigenvalue weighted by Gasteiger charge is -2.34. The summed E-state index contributed by atoms with van der Waals surface area (Å²) in [5, 5.41) is 9.30. The molecule has 0 spiro atoms. The topological polar surface area (TPSA) is 49.5 Å². The van der Waals surface area contributed by atoms with Gasteiger partial charge in [0.15, 0.2) is 0 Å². The third-order valence-corrected chi connectivity index (χ3v) is 4.93. The number of hydrogen-bond donors (Lipinski definition) is 2. The first-order valence-electron chi connectivity index (χ1n) is 7.81. The second kappa shape index (κ2) is 7.09. The Bertz CT molecular complexity index is 404. The Hall–Kier alpha value is -1.06. The predicted molar refractivity (Wildman–Crippen MR) is 83.8 cm³/mol. The molecule has 1 fully saturated rings. The lowest BCUT2D eigenvalue weighted by atomic mass is 9.99. The van der Waals surface area contributed by atoms with Gasteiger partial charge in [-0.25, -0.2) is 0 Å². The molecule has 1 aliphatic carbocycles. The second-order valence-corrected chi connectivity index (χ2v) is 6.21. The first kappa shape index (κ1) is 15.3. The molecule has 0 aromatic heterocycles. The lowest BCUT2D eigenvalue weighted by molar-refractivity contribution is 0.145. The van der Waals surface area contributed by atoms with Gasteiger partial charge in [0, 0.05) is 12.1 Å². The highest BCUT2D eigenvalue weighted by Crippen LogP contribution is 2.30. The molecule has 0 radical (unpaired) electrons. The summed E-state index contributed by atoms with van der Waals surface area (Å²) in [5.74, 6) is 1.02. The molecule has 20 heavy (non-hydrogen) atoms. The van der Waals surface area contributed by atoms with E-state index in [-0.39, 0.29) is 0 Å². The summed E-state index contributed by atoms with van der Waals surface area (Å²) in [6, 6.07) is 8.80. The average Bonchev–Trinajstić information content (AvgIpc) is 2.94. The number of phenolic OH excluding ortho intramolecular Hbond substituents is 1. The first-order chi connectivity index (χ1) is 9.61. The molecule has 0 amide bonds. The van der Waals surface area contributed by atoms with E-state index in [1.807, 2.05) is 12.1 Å². The summed E-state index contributed by atoms with van der Waals surface area (Å²) in [5.41, 5.74) is 7.19. The van der Waals surface area contributed by atoms with Crippen LogP contribution in [0.4, 0.5) is 0 Å². The van der Waals surface area contributed by atoms with Crippen LogP contribution in [-0.4, -0.2) is 35.7 Å². The molecule has 0 aliphatic heterocycles. The maximum absolute atomic E-state index is 9.30. The molecule has 0 saturated heterocycles. The van der Waals surface area contributed by atoms with E-state index in [1.54, 1.807) is 12.1 Å². The zero-order chi connectivity index (χ0) is 14.5. The largest absolute Gasteiger partial charge is 0.508 e. The van der Waals surface area contributed by atoms with Gasteiger partial charge in [0.05, 0.1) is 0 Å². The van der Waals surface area contributed by atoms with Crippen LogP contribution in [0.5, 0.6) is 5.75 Å². The van der Waals surface area contributed by atoms with Crippen LogP contribution < -0.4 is 5.73 Å². The van der Waals surface area contributed by atoms with Gasteiger partial charge in [0.1, 0.15) is 5.75 Å². The predicted octanol–water partition coefficient (Wildman–Crippen LogP) is 2.77. The molecule has 1 aromatic carbocycles. The average molecular weight is 276 g/mol. The van der Waals surface area contributed by atoms with Gasteiger partial charge in [-0.1, -0.05) is 18.6 Å². The van der Waals surface area contributed by atoms with Gasteiger partial charge in [-0.15, -0.1) is 0 Å². The van der Waals surface area contributed by atoms with Crippen molar-refractivity contribution in [2.24, 2.45) is 11.7 Å². The van der Waals surface area contributed by atoms with Crippen LogP contribution in [0, 0.1) is 5.92 Å². The zero-order valence-electron chi connectivity index (χ0n) is 12.8. The highest BCUT2D eigenvalue weighted by molar-refractivity contribution is 5.25. The zero-order valence-corrected chi connectivity index (χ0v) is 12.8. The first-order valence-corrected chi connectivity index (χ1v) is 7.81. The highest BCUT2D eigenvalue weighted by atomic mass is 16.3. The Morgan fingerprint density at radius 1 is 1.30 bits per heavy atom. The van der Waals surface area contributed by atoms with Gasteiger partial charge >= 0.3 is 0 Å². The monoisotopic (exact) mass is 276 g/mol. The van der Waals surface area contributed by atoms with E-state index in [2.05, 4.69) is 18.9 Å². The van der Waals surface area contributed by atoms with Crippen LogP contribution in [0.15, 0.2) is 24.3 Å². The van der Waals surface area contributed by atoms with Crippen molar-refractivity contribution in [3.05, 3.63) is 29.8 Å². The lowest BCUT2D eigenvalue weighted by Crippen LogP contribution is -2.42. The van der Waals surface area contributed by atoms with Crippen LogP contribution in [0.1, 0.15) is 38.2 Å². The Morgan fingerprint density at radius 3 is 2.65 bits per heavy atom. The van der Waals surface area contributed by atoms with Crippen LogP contribution in [-0.2, 0) is 6.42 Å². The molecule has 1 aromatic rings. The molecule has 3 N–H and O–H groups in total. The van der Waals surface area contributed by atoms with Crippen molar-refractivity contribution >= 4 is 0 Å². The van der Waals surface area contributed by atoms with Gasteiger partial charge < -0.3 is 15.7 Å². The van der Waals surface area contributed by atoms with E-state index < -0.39 is 0 Å². The van der Waals surface area contributed by atoms with Crippen LogP contribution in [0.3, 0.4) is 0 Å². The maximum atomic E-state index is 9.30. The number of aryl methyl sites for hydroxylation is 1. The molecule has 3 unspecified atom stereocenters. The van der Waals surface area contributed by atoms with Crippen molar-refractivity contribution in [2.75, 3.05) is 13.6 Å². The van der Waals surface area contributed by atoms with Crippen molar-refractivity contribution in [1.29, 1.82) is 0 Å². The second-order valence-electron chi connectivity index (χ2n) is 6.21. The van der Waals surface area contributed by atoms with Crippen molar-refractivity contribution in [1.82, 2.24) is 4.90 Å². The third kappa shape index (κ3) is 3.74.